The average Bonchev–Trinajstić information content (AvgIpc) is 2.71. The molecule has 156 valence electrons. The number of aromatic hydroxyl groups is 1. The second-order valence-electron chi connectivity index (χ2n) is 5.73. The van der Waals surface area contributed by atoms with Gasteiger partial charge < -0.3 is 24.1 Å². The number of hydrogen-bond acceptors (Lipinski definition) is 7. The third-order valence-electron chi connectivity index (χ3n) is 3.75. The molecule has 0 spiro atoms. The molecule has 2 rings (SSSR count). The number of hydrogen-bond donors (Lipinski definition) is 2. The van der Waals surface area contributed by atoms with Gasteiger partial charge in [-0.25, -0.2) is 5.43 Å². The van der Waals surface area contributed by atoms with Crippen LogP contribution in [0.1, 0.15) is 36.7 Å². The number of rotatable bonds is 10. The quantitative estimate of drug-likeness (QED) is 0.467. The summed E-state index contributed by atoms with van der Waals surface area (Å²) in [7, 11) is 1.45. The molecule has 0 radical (unpaired) electrons. The third kappa shape index (κ3) is 5.78. The largest absolute Gasteiger partial charge is 0.504 e. The normalized spacial score (nSPS) is 10.6. The van der Waals surface area contributed by atoms with Crippen molar-refractivity contribution in [2.24, 2.45) is 5.10 Å². The Kier molecular flexibility index (Phi) is 8.14. The molecule has 0 bridgehead atoms. The van der Waals surface area contributed by atoms with E-state index in [0.29, 0.717) is 53.9 Å². The van der Waals surface area contributed by atoms with E-state index >= 15 is 0 Å². The molecule has 0 heterocycles. The van der Waals surface area contributed by atoms with Gasteiger partial charge in [0.2, 0.25) is 5.75 Å². The summed E-state index contributed by atoms with van der Waals surface area (Å²) in [6.07, 6.45) is 1.45. The van der Waals surface area contributed by atoms with E-state index in [9.17, 15) is 9.90 Å². The van der Waals surface area contributed by atoms with Crippen molar-refractivity contribution in [3.05, 3.63) is 41.5 Å². The van der Waals surface area contributed by atoms with E-state index in [1.54, 1.807) is 24.3 Å². The van der Waals surface area contributed by atoms with Crippen LogP contribution in [0.25, 0.3) is 0 Å². The molecule has 1 amide bonds. The van der Waals surface area contributed by atoms with E-state index in [0.717, 1.165) is 0 Å². The van der Waals surface area contributed by atoms with Crippen molar-refractivity contribution in [2.45, 2.75) is 20.8 Å². The Morgan fingerprint density at radius 1 is 1.00 bits per heavy atom. The minimum atomic E-state index is -0.433. The molecule has 0 aliphatic rings. The van der Waals surface area contributed by atoms with E-state index in [-0.39, 0.29) is 5.75 Å². The van der Waals surface area contributed by atoms with Gasteiger partial charge in [0, 0.05) is 5.56 Å². The van der Waals surface area contributed by atoms with Gasteiger partial charge >= 0.3 is 0 Å². The maximum Gasteiger partial charge on any atom is 0.271 e. The minimum absolute atomic E-state index is 0.0231. The molecule has 0 saturated carbocycles. The molecule has 8 nitrogen and oxygen atoms in total. The van der Waals surface area contributed by atoms with Crippen molar-refractivity contribution in [3.8, 4) is 28.7 Å². The molecule has 2 N–H and O–H groups in total. The van der Waals surface area contributed by atoms with Crippen LogP contribution in [0.5, 0.6) is 28.7 Å². The number of nitrogens with zero attached hydrogens (tertiary/aromatic N) is 1. The monoisotopic (exact) mass is 402 g/mol. The zero-order chi connectivity index (χ0) is 21.2. The van der Waals surface area contributed by atoms with Gasteiger partial charge in [0.05, 0.1) is 33.1 Å². The van der Waals surface area contributed by atoms with Crippen LogP contribution in [0.15, 0.2) is 35.4 Å². The van der Waals surface area contributed by atoms with Crippen LogP contribution >= 0.6 is 0 Å². The van der Waals surface area contributed by atoms with Gasteiger partial charge in [0.1, 0.15) is 0 Å². The summed E-state index contributed by atoms with van der Waals surface area (Å²) in [6.45, 7) is 6.82. The number of phenols is 1. The fraction of sp³-hybridized carbons (Fsp3) is 0.333. The first-order valence-electron chi connectivity index (χ1n) is 9.30. The topological polar surface area (TPSA) is 98.6 Å². The Hall–Kier alpha value is -3.42. The van der Waals surface area contributed by atoms with Crippen molar-refractivity contribution in [2.75, 3.05) is 26.9 Å². The summed E-state index contributed by atoms with van der Waals surface area (Å²) >= 11 is 0. The molecule has 0 aromatic heterocycles. The molecule has 0 aliphatic carbocycles. The van der Waals surface area contributed by atoms with Crippen molar-refractivity contribution in [1.29, 1.82) is 0 Å². The number of carbonyl (C=O) groups excluding carboxylic acids is 1. The molecular formula is C21H26N2O6. The van der Waals surface area contributed by atoms with Crippen LogP contribution in [0.2, 0.25) is 0 Å². The fourth-order valence-electron chi connectivity index (χ4n) is 2.52. The Labute approximate surface area is 170 Å². The number of nitrogens with one attached hydrogen (secondary N) is 1. The maximum atomic E-state index is 12.6. The Morgan fingerprint density at radius 3 is 2.17 bits per heavy atom. The average molecular weight is 402 g/mol. The Morgan fingerprint density at radius 2 is 1.62 bits per heavy atom. The van der Waals surface area contributed by atoms with E-state index in [2.05, 4.69) is 10.5 Å². The highest BCUT2D eigenvalue weighted by Gasteiger charge is 2.18. The lowest BCUT2D eigenvalue weighted by molar-refractivity contribution is 0.0954. The van der Waals surface area contributed by atoms with Crippen LogP contribution < -0.4 is 24.4 Å². The number of benzene rings is 2. The fourth-order valence-corrected chi connectivity index (χ4v) is 2.52. The molecule has 29 heavy (non-hydrogen) atoms. The molecule has 2 aromatic carbocycles. The van der Waals surface area contributed by atoms with Crippen molar-refractivity contribution in [1.82, 2.24) is 5.43 Å². The van der Waals surface area contributed by atoms with Gasteiger partial charge in [-0.1, -0.05) is 0 Å². The summed E-state index contributed by atoms with van der Waals surface area (Å²) in [5, 5.41) is 13.6. The zero-order valence-corrected chi connectivity index (χ0v) is 17.0. The molecule has 0 saturated heterocycles. The predicted octanol–water partition coefficient (Wildman–Crippen LogP) is 3.36. The van der Waals surface area contributed by atoms with Gasteiger partial charge in [-0.15, -0.1) is 0 Å². The first kappa shape index (κ1) is 21.9. The standard InChI is InChI=1S/C21H26N2O6/c1-5-27-18-11-15(12-19(28-6-2)20(18)29-7-3)21(25)23-22-13-14-8-9-16(24)17(10-14)26-4/h8-13,24H,5-7H2,1-4H3,(H,23,25). The number of methoxy groups -OCH3 is 1. The molecule has 0 fully saturated rings. The number of amides is 1. The highest BCUT2D eigenvalue weighted by atomic mass is 16.5. The Bertz CT molecular complexity index is 839. The molecule has 0 aliphatic heterocycles. The summed E-state index contributed by atoms with van der Waals surface area (Å²) in [5.74, 6) is 1.23. The SMILES string of the molecule is CCOc1cc(C(=O)NN=Cc2ccc(O)c(OC)c2)cc(OCC)c1OCC. The molecule has 2 aromatic rings. The van der Waals surface area contributed by atoms with Crippen LogP contribution in [0.3, 0.4) is 0 Å². The number of hydrazone groups is 1. The van der Waals surface area contributed by atoms with Crippen LogP contribution in [0.4, 0.5) is 0 Å². The van der Waals surface area contributed by atoms with E-state index < -0.39 is 5.91 Å². The lowest BCUT2D eigenvalue weighted by atomic mass is 10.1. The summed E-state index contributed by atoms with van der Waals surface area (Å²) in [4.78, 5) is 12.6. The second kappa shape index (κ2) is 10.8. The molecule has 0 atom stereocenters. The van der Waals surface area contributed by atoms with Gasteiger partial charge in [-0.05, 0) is 56.7 Å². The summed E-state index contributed by atoms with van der Waals surface area (Å²) in [5.41, 5.74) is 3.43. The van der Waals surface area contributed by atoms with Crippen LogP contribution in [-0.4, -0.2) is 44.2 Å². The van der Waals surface area contributed by atoms with Crippen molar-refractivity contribution >= 4 is 12.1 Å². The highest BCUT2D eigenvalue weighted by molar-refractivity contribution is 5.96. The predicted molar refractivity (Wildman–Crippen MR) is 110 cm³/mol. The maximum absolute atomic E-state index is 12.6. The number of ether oxygens (including phenoxy) is 4. The van der Waals surface area contributed by atoms with E-state index in [1.165, 1.54) is 19.4 Å². The van der Waals surface area contributed by atoms with Crippen LogP contribution in [-0.2, 0) is 0 Å². The second-order valence-corrected chi connectivity index (χ2v) is 5.73. The lowest BCUT2D eigenvalue weighted by Crippen LogP contribution is -2.18. The number of carbonyl (C=O) groups is 1. The molecular weight excluding hydrogens is 376 g/mol. The summed E-state index contributed by atoms with van der Waals surface area (Å²) < 4.78 is 21.9. The van der Waals surface area contributed by atoms with Gasteiger partial charge in [-0.2, -0.15) is 5.10 Å². The van der Waals surface area contributed by atoms with Crippen molar-refractivity contribution in [3.63, 3.8) is 0 Å². The smallest absolute Gasteiger partial charge is 0.271 e. The van der Waals surface area contributed by atoms with E-state index in [4.69, 9.17) is 18.9 Å². The minimum Gasteiger partial charge on any atom is -0.504 e. The number of phenolic OH excluding ortho intramolecular Hbond substituents is 1. The molecule has 0 unspecified atom stereocenters. The van der Waals surface area contributed by atoms with Gasteiger partial charge in [-0.3, -0.25) is 4.79 Å². The summed E-state index contributed by atoms with van der Waals surface area (Å²) in [6, 6.07) is 7.90. The van der Waals surface area contributed by atoms with Crippen molar-refractivity contribution < 1.29 is 28.8 Å². The lowest BCUT2D eigenvalue weighted by Gasteiger charge is -2.16. The van der Waals surface area contributed by atoms with Gasteiger partial charge in [0.25, 0.3) is 5.91 Å². The first-order valence-corrected chi connectivity index (χ1v) is 9.30. The van der Waals surface area contributed by atoms with Crippen LogP contribution in [0, 0.1) is 0 Å². The third-order valence-corrected chi connectivity index (χ3v) is 3.75. The van der Waals surface area contributed by atoms with E-state index in [1.807, 2.05) is 20.8 Å². The molecule has 8 heteroatoms. The van der Waals surface area contributed by atoms with Gasteiger partial charge in [0.15, 0.2) is 23.0 Å². The first-order chi connectivity index (χ1) is 14.0. The highest BCUT2D eigenvalue weighted by Crippen LogP contribution is 2.39. The zero-order valence-electron chi connectivity index (χ0n) is 17.0. The Balaban J connectivity index is 2.22.